The fourth-order valence-corrected chi connectivity index (χ4v) is 4.17. The van der Waals surface area contributed by atoms with Crippen molar-refractivity contribution >= 4 is 11.0 Å². The molecule has 2 aromatic heterocycles. The maximum absolute atomic E-state index is 14.4. The standard InChI is InChI=1S/C21H17F5N4O2/c1-9-15(11-4-5-12(22)16(23)17(11)31-3)18(32-20(9,2)21(24,25)26)19-29-13-6-10(7-27)28-8-14(13)30-19/h4-6,8-9,15,18H,1-3H3,(H,29,30)/t9-,15?,18+,20+/m0/s1. The number of hydrogen-bond donors (Lipinski definition) is 1. The number of methoxy groups -OCH3 is 1. The minimum atomic E-state index is -4.76. The van der Waals surface area contributed by atoms with Crippen molar-refractivity contribution in [3.8, 4) is 11.8 Å². The Hall–Kier alpha value is -3.26. The molecule has 3 aromatic rings. The number of H-pyrrole nitrogens is 1. The summed E-state index contributed by atoms with van der Waals surface area (Å²) in [5.74, 6) is -5.25. The number of hydrogen-bond acceptors (Lipinski definition) is 5. The minimum absolute atomic E-state index is 0.0215. The molecule has 168 valence electrons. The average Bonchev–Trinajstić information content (AvgIpc) is 3.28. The van der Waals surface area contributed by atoms with Crippen LogP contribution in [0.3, 0.4) is 0 Å². The van der Waals surface area contributed by atoms with Crippen LogP contribution in [0, 0.1) is 28.9 Å². The number of nitriles is 1. The Balaban J connectivity index is 1.91. The van der Waals surface area contributed by atoms with E-state index in [0.29, 0.717) is 11.0 Å². The van der Waals surface area contributed by atoms with Gasteiger partial charge < -0.3 is 14.5 Å². The molecule has 0 aliphatic carbocycles. The van der Waals surface area contributed by atoms with Crippen molar-refractivity contribution in [2.45, 2.75) is 37.6 Å². The molecule has 1 N–H and O–H groups in total. The summed E-state index contributed by atoms with van der Waals surface area (Å²) in [6, 6.07) is 5.26. The van der Waals surface area contributed by atoms with Gasteiger partial charge in [-0.2, -0.15) is 22.8 Å². The maximum atomic E-state index is 14.4. The van der Waals surface area contributed by atoms with Crippen LogP contribution in [-0.2, 0) is 4.74 Å². The number of rotatable bonds is 3. The van der Waals surface area contributed by atoms with E-state index in [2.05, 4.69) is 15.0 Å². The summed E-state index contributed by atoms with van der Waals surface area (Å²) in [7, 11) is 1.11. The topological polar surface area (TPSA) is 83.8 Å². The summed E-state index contributed by atoms with van der Waals surface area (Å²) in [6.45, 7) is 2.24. The van der Waals surface area contributed by atoms with Crippen LogP contribution in [0.15, 0.2) is 24.4 Å². The van der Waals surface area contributed by atoms with Gasteiger partial charge in [0, 0.05) is 23.5 Å². The first-order chi connectivity index (χ1) is 15.0. The molecule has 0 spiro atoms. The number of imidazole rings is 1. The molecule has 1 aromatic carbocycles. The number of ether oxygens (including phenoxy) is 2. The molecular weight excluding hydrogens is 435 g/mol. The Bertz CT molecular complexity index is 1240. The summed E-state index contributed by atoms with van der Waals surface area (Å²) < 4.78 is 80.9. The largest absolute Gasteiger partial charge is 0.493 e. The predicted molar refractivity (Wildman–Crippen MR) is 102 cm³/mol. The molecule has 1 aliphatic rings. The van der Waals surface area contributed by atoms with Crippen molar-refractivity contribution in [2.75, 3.05) is 7.11 Å². The molecule has 0 radical (unpaired) electrons. The van der Waals surface area contributed by atoms with Gasteiger partial charge in [0.15, 0.2) is 17.2 Å². The number of nitrogens with one attached hydrogen (secondary N) is 1. The highest BCUT2D eigenvalue weighted by Crippen LogP contribution is 2.59. The number of aromatic amines is 1. The van der Waals surface area contributed by atoms with Crippen LogP contribution in [0.25, 0.3) is 11.0 Å². The molecule has 1 fully saturated rings. The van der Waals surface area contributed by atoms with Gasteiger partial charge in [-0.05, 0) is 13.0 Å². The SMILES string of the molecule is COc1c(C2[C@H](c3nc4cc(C#N)ncc4[nH]3)O[C@@](C)(C(F)(F)F)[C@H]2C)ccc(F)c1F. The third-order valence-electron chi connectivity index (χ3n) is 6.08. The molecule has 3 heterocycles. The smallest absolute Gasteiger partial charge is 0.417 e. The number of nitrogens with zero attached hydrogens (tertiary/aromatic N) is 3. The summed E-state index contributed by atoms with van der Waals surface area (Å²) in [5.41, 5.74) is -1.82. The quantitative estimate of drug-likeness (QED) is 0.570. The van der Waals surface area contributed by atoms with E-state index in [1.165, 1.54) is 25.3 Å². The van der Waals surface area contributed by atoms with Crippen LogP contribution >= 0.6 is 0 Å². The normalized spacial score (nSPS) is 25.8. The van der Waals surface area contributed by atoms with Crippen molar-refractivity contribution in [3.05, 3.63) is 53.1 Å². The molecule has 4 rings (SSSR count). The van der Waals surface area contributed by atoms with E-state index in [4.69, 9.17) is 14.7 Å². The van der Waals surface area contributed by atoms with Gasteiger partial charge in [0.05, 0.1) is 24.3 Å². The summed E-state index contributed by atoms with van der Waals surface area (Å²) in [6.07, 6.45) is -4.72. The van der Waals surface area contributed by atoms with Crippen molar-refractivity contribution < 1.29 is 31.4 Å². The molecular formula is C21H17F5N4O2. The molecule has 1 unspecified atom stereocenters. The average molecular weight is 452 g/mol. The van der Waals surface area contributed by atoms with Crippen molar-refractivity contribution in [1.29, 1.82) is 5.26 Å². The Morgan fingerprint density at radius 1 is 1.28 bits per heavy atom. The Kier molecular flexibility index (Phi) is 5.08. The van der Waals surface area contributed by atoms with Crippen molar-refractivity contribution in [1.82, 2.24) is 15.0 Å². The highest BCUT2D eigenvalue weighted by atomic mass is 19.4. The number of aromatic nitrogens is 3. The van der Waals surface area contributed by atoms with E-state index in [0.717, 1.165) is 20.1 Å². The van der Waals surface area contributed by atoms with Gasteiger partial charge in [-0.25, -0.2) is 14.4 Å². The highest BCUT2D eigenvalue weighted by molar-refractivity contribution is 5.75. The van der Waals surface area contributed by atoms with E-state index in [9.17, 15) is 22.0 Å². The van der Waals surface area contributed by atoms with Gasteiger partial charge in [0.1, 0.15) is 23.7 Å². The zero-order valence-corrected chi connectivity index (χ0v) is 17.1. The van der Waals surface area contributed by atoms with Crippen LogP contribution in [0.2, 0.25) is 0 Å². The lowest BCUT2D eigenvalue weighted by Crippen LogP contribution is -2.46. The second kappa shape index (κ2) is 7.41. The van der Waals surface area contributed by atoms with E-state index in [1.807, 2.05) is 6.07 Å². The second-order valence-electron chi connectivity index (χ2n) is 7.76. The lowest BCUT2D eigenvalue weighted by Gasteiger charge is -2.32. The zero-order chi connectivity index (χ0) is 23.4. The molecule has 0 saturated carbocycles. The zero-order valence-electron chi connectivity index (χ0n) is 17.1. The lowest BCUT2D eigenvalue weighted by atomic mass is 9.77. The first kappa shape index (κ1) is 22.0. The molecule has 1 aliphatic heterocycles. The van der Waals surface area contributed by atoms with Crippen molar-refractivity contribution in [2.24, 2.45) is 5.92 Å². The minimum Gasteiger partial charge on any atom is -0.493 e. The van der Waals surface area contributed by atoms with Gasteiger partial charge in [-0.1, -0.05) is 13.0 Å². The first-order valence-corrected chi connectivity index (χ1v) is 9.54. The van der Waals surface area contributed by atoms with Crippen LogP contribution < -0.4 is 4.74 Å². The fourth-order valence-electron chi connectivity index (χ4n) is 4.17. The summed E-state index contributed by atoms with van der Waals surface area (Å²) >= 11 is 0. The number of alkyl halides is 3. The number of benzene rings is 1. The monoisotopic (exact) mass is 452 g/mol. The predicted octanol–water partition coefficient (Wildman–Crippen LogP) is 4.93. The molecule has 0 bridgehead atoms. The van der Waals surface area contributed by atoms with Crippen LogP contribution in [-0.4, -0.2) is 33.8 Å². The first-order valence-electron chi connectivity index (χ1n) is 9.54. The fraction of sp³-hybridized carbons (Fsp3) is 0.381. The van der Waals surface area contributed by atoms with Gasteiger partial charge >= 0.3 is 6.18 Å². The van der Waals surface area contributed by atoms with Gasteiger partial charge in [0.25, 0.3) is 0 Å². The van der Waals surface area contributed by atoms with Gasteiger partial charge in [-0.3, -0.25) is 0 Å². The van der Waals surface area contributed by atoms with Crippen LogP contribution in [0.5, 0.6) is 5.75 Å². The molecule has 4 atom stereocenters. The molecule has 11 heteroatoms. The number of pyridine rings is 1. The van der Waals surface area contributed by atoms with Crippen molar-refractivity contribution in [3.63, 3.8) is 0 Å². The maximum Gasteiger partial charge on any atom is 0.417 e. The highest BCUT2D eigenvalue weighted by Gasteiger charge is 2.65. The van der Waals surface area contributed by atoms with Crippen LogP contribution in [0.4, 0.5) is 22.0 Å². The Morgan fingerprint density at radius 3 is 2.62 bits per heavy atom. The lowest BCUT2D eigenvalue weighted by molar-refractivity contribution is -0.275. The van der Waals surface area contributed by atoms with E-state index in [1.54, 1.807) is 0 Å². The molecule has 0 amide bonds. The second-order valence-corrected chi connectivity index (χ2v) is 7.76. The molecule has 32 heavy (non-hydrogen) atoms. The van der Waals surface area contributed by atoms with E-state index >= 15 is 0 Å². The number of fused-ring (bicyclic) bond motifs is 1. The van der Waals surface area contributed by atoms with Crippen LogP contribution in [0.1, 0.15) is 43.0 Å². The third-order valence-corrected chi connectivity index (χ3v) is 6.08. The van der Waals surface area contributed by atoms with Gasteiger partial charge in [0.2, 0.25) is 5.82 Å². The third kappa shape index (κ3) is 3.17. The molecule has 6 nitrogen and oxygen atoms in total. The van der Waals surface area contributed by atoms with E-state index < -0.39 is 47.1 Å². The summed E-state index contributed by atoms with van der Waals surface area (Å²) in [5, 5.41) is 9.02. The summed E-state index contributed by atoms with van der Waals surface area (Å²) in [4.78, 5) is 11.1. The Labute approximate surface area is 179 Å². The van der Waals surface area contributed by atoms with Gasteiger partial charge in [-0.15, -0.1) is 0 Å². The van der Waals surface area contributed by atoms with E-state index in [-0.39, 0.29) is 17.1 Å². The number of halogens is 5. The Morgan fingerprint density at radius 2 is 2.00 bits per heavy atom. The molecule has 1 saturated heterocycles.